The maximum absolute atomic E-state index is 9.63. The van der Waals surface area contributed by atoms with Crippen molar-refractivity contribution in [3.05, 3.63) is 0 Å². The summed E-state index contributed by atoms with van der Waals surface area (Å²) in [7, 11) is -2.67. The summed E-state index contributed by atoms with van der Waals surface area (Å²) in [5.41, 5.74) is 0. The molecule has 0 spiro atoms. The molecule has 0 fully saturated rings. The van der Waals surface area contributed by atoms with E-state index in [0.717, 1.165) is 18.6 Å². The summed E-state index contributed by atoms with van der Waals surface area (Å²) < 4.78 is 19.3. The predicted octanol–water partition coefficient (Wildman–Crippen LogP) is -0.438. The smallest absolute Gasteiger partial charge is 0.229 e. The van der Waals surface area contributed by atoms with Crippen LogP contribution in [0.3, 0.4) is 0 Å². The first-order chi connectivity index (χ1) is 3.41. The largest absolute Gasteiger partial charge is 0.231 e. The highest BCUT2D eigenvalue weighted by Gasteiger charge is 1.79. The Morgan fingerprint density at radius 3 is 1.38 bits per heavy atom. The minimum Gasteiger partial charge on any atom is -0.229 e. The second-order valence-corrected chi connectivity index (χ2v) is 3.53. The summed E-state index contributed by atoms with van der Waals surface area (Å²) in [5.74, 6) is 0. The van der Waals surface area contributed by atoms with Crippen LogP contribution in [0.25, 0.3) is 0 Å². The average molecular weight is 137 g/mol. The van der Waals surface area contributed by atoms with Gasteiger partial charge in [0, 0.05) is 12.5 Å². The highest BCUT2D eigenvalue weighted by molar-refractivity contribution is 7.89. The van der Waals surface area contributed by atoms with Crippen LogP contribution in [0.4, 0.5) is 0 Å². The number of rotatable bonds is 0. The Morgan fingerprint density at radius 2 is 1.38 bits per heavy atom. The maximum atomic E-state index is 9.63. The minimum absolute atomic E-state index is 0.750. The van der Waals surface area contributed by atoms with E-state index in [0.29, 0.717) is 0 Å². The number of hydrogen-bond acceptors (Lipinski definition) is 4. The molecule has 5 heteroatoms. The molecule has 0 aliphatic heterocycles. The molecule has 0 aromatic rings. The van der Waals surface area contributed by atoms with Crippen LogP contribution in [-0.4, -0.2) is 27.0 Å². The monoisotopic (exact) mass is 137 g/mol. The molecule has 0 bridgehead atoms. The zero-order valence-electron chi connectivity index (χ0n) is 4.63. The first-order valence-electron chi connectivity index (χ1n) is 1.60. The van der Waals surface area contributed by atoms with E-state index in [2.05, 4.69) is 0 Å². The summed E-state index contributed by atoms with van der Waals surface area (Å²) in [6.45, 7) is 0. The van der Waals surface area contributed by atoms with Crippen molar-refractivity contribution in [2.24, 2.45) is 0 Å². The molecule has 0 aromatic carbocycles. The van der Waals surface area contributed by atoms with Crippen molar-refractivity contribution in [2.75, 3.05) is 12.5 Å². The molecule has 0 aliphatic carbocycles. The van der Waals surface area contributed by atoms with Crippen LogP contribution in [0.2, 0.25) is 0 Å². The summed E-state index contributed by atoms with van der Waals surface area (Å²) in [4.78, 5) is 8.35. The average Bonchev–Trinajstić information content (AvgIpc) is 1.27. The van der Waals surface area contributed by atoms with E-state index in [9.17, 15) is 8.42 Å². The molecule has 8 heavy (non-hydrogen) atoms. The normalized spacial score (nSPS) is 8.25. The number of sulfone groups is 1. The van der Waals surface area contributed by atoms with Gasteiger partial charge in [-0.2, -0.15) is 0 Å². The molecule has 0 unspecified atom stereocenters. The van der Waals surface area contributed by atoms with E-state index in [1.54, 1.807) is 0 Å². The third kappa shape index (κ3) is 223. The van der Waals surface area contributed by atoms with Gasteiger partial charge in [-0.1, -0.05) is 0 Å². The van der Waals surface area contributed by atoms with Crippen molar-refractivity contribution in [3.63, 3.8) is 0 Å². The van der Waals surface area contributed by atoms with Gasteiger partial charge in [-0.05, 0) is 0 Å². The Kier molecular flexibility index (Phi) is 5.80. The maximum Gasteiger partial charge on any atom is 0.231 e. The lowest BCUT2D eigenvalue weighted by Gasteiger charge is -1.69. The molecule has 0 atom stereocenters. The quantitative estimate of drug-likeness (QED) is 0.363. The van der Waals surface area contributed by atoms with E-state index in [1.807, 2.05) is 0 Å². The van der Waals surface area contributed by atoms with Gasteiger partial charge in [-0.25, -0.2) is 18.6 Å². The van der Waals surface area contributed by atoms with Gasteiger partial charge < -0.3 is 0 Å². The van der Waals surface area contributed by atoms with E-state index < -0.39 is 9.84 Å². The molecule has 48 valence electrons. The predicted molar refractivity (Wildman–Crippen MR) is 29.2 cm³/mol. The fourth-order valence-electron chi connectivity index (χ4n) is 0. The van der Waals surface area contributed by atoms with Crippen LogP contribution in [0.1, 0.15) is 0 Å². The zero-order valence-corrected chi connectivity index (χ0v) is 5.45. The van der Waals surface area contributed by atoms with Crippen molar-refractivity contribution >= 4 is 15.9 Å². The van der Waals surface area contributed by atoms with Gasteiger partial charge in [0.25, 0.3) is 0 Å². The second kappa shape index (κ2) is 4.49. The van der Waals surface area contributed by atoms with Crippen LogP contribution in [-0.2, 0) is 14.6 Å². The molecule has 0 aliphatic rings. The first kappa shape index (κ1) is 10.3. The van der Waals surface area contributed by atoms with Gasteiger partial charge in [0.15, 0.2) is 0 Å². The van der Waals surface area contributed by atoms with Gasteiger partial charge in [0.2, 0.25) is 6.08 Å². The van der Waals surface area contributed by atoms with Gasteiger partial charge >= 0.3 is 0 Å². The standard InChI is InChI=1S/C2H6O2S.CHNO/c1-5(2,3)4;2-1-3/h1-2H3;2H. The Hall–Kier alpha value is -0.670. The van der Waals surface area contributed by atoms with Gasteiger partial charge in [-0.3, -0.25) is 0 Å². The van der Waals surface area contributed by atoms with Crippen LogP contribution in [0.5, 0.6) is 0 Å². The summed E-state index contributed by atoms with van der Waals surface area (Å²) in [5, 5.41) is 5.40. The lowest BCUT2D eigenvalue weighted by molar-refractivity contribution is 0.562. The van der Waals surface area contributed by atoms with Crippen LogP contribution < -0.4 is 0 Å². The van der Waals surface area contributed by atoms with Crippen molar-refractivity contribution in [1.29, 1.82) is 5.41 Å². The fraction of sp³-hybridized carbons (Fsp3) is 0.667. The molecule has 0 radical (unpaired) electrons. The summed E-state index contributed by atoms with van der Waals surface area (Å²) in [6.07, 6.45) is 3.07. The molecule has 0 aromatic heterocycles. The molecule has 0 saturated heterocycles. The number of carbonyl (C=O) groups excluding carboxylic acids is 1. The number of nitrogens with one attached hydrogen (secondary N) is 1. The molecule has 0 amide bonds. The fourth-order valence-corrected chi connectivity index (χ4v) is 0. The third-order valence-electron chi connectivity index (χ3n) is 0. The number of hydrogen-bond donors (Lipinski definition) is 1. The lowest BCUT2D eigenvalue weighted by atomic mass is 11.7. The van der Waals surface area contributed by atoms with Gasteiger partial charge in [0.05, 0.1) is 0 Å². The van der Waals surface area contributed by atoms with Crippen molar-refractivity contribution in [2.45, 2.75) is 0 Å². The van der Waals surface area contributed by atoms with Crippen molar-refractivity contribution < 1.29 is 13.2 Å². The van der Waals surface area contributed by atoms with Gasteiger partial charge in [-0.15, -0.1) is 0 Å². The molecular formula is C3H7NO3S. The van der Waals surface area contributed by atoms with Crippen molar-refractivity contribution in [3.8, 4) is 0 Å². The molecule has 1 N–H and O–H groups in total. The van der Waals surface area contributed by atoms with E-state index in [1.165, 1.54) is 0 Å². The lowest BCUT2D eigenvalue weighted by Crippen LogP contribution is -1.86. The Labute approximate surface area is 47.9 Å². The van der Waals surface area contributed by atoms with Crippen LogP contribution >= 0.6 is 0 Å². The van der Waals surface area contributed by atoms with Crippen molar-refractivity contribution in [1.82, 2.24) is 0 Å². The van der Waals surface area contributed by atoms with Crippen LogP contribution in [0, 0.1) is 5.41 Å². The second-order valence-electron chi connectivity index (χ2n) is 1.25. The van der Waals surface area contributed by atoms with Crippen LogP contribution in [0.15, 0.2) is 0 Å². The first-order valence-corrected chi connectivity index (χ1v) is 3.90. The van der Waals surface area contributed by atoms with E-state index in [4.69, 9.17) is 10.2 Å². The minimum atomic E-state index is -2.67. The van der Waals surface area contributed by atoms with E-state index >= 15 is 0 Å². The van der Waals surface area contributed by atoms with E-state index in [-0.39, 0.29) is 0 Å². The molecular weight excluding hydrogens is 130 g/mol. The molecule has 0 heterocycles. The molecule has 0 rings (SSSR count). The Balaban J connectivity index is 0. The highest BCUT2D eigenvalue weighted by atomic mass is 32.2. The van der Waals surface area contributed by atoms with Gasteiger partial charge in [0.1, 0.15) is 9.84 Å². The number of isocyanates is 1. The SMILES string of the molecule is CS(C)(=O)=O.N=C=O. The third-order valence-corrected chi connectivity index (χ3v) is 0. The summed E-state index contributed by atoms with van der Waals surface area (Å²) >= 11 is 0. The highest BCUT2D eigenvalue weighted by Crippen LogP contribution is 1.61. The summed E-state index contributed by atoms with van der Waals surface area (Å²) in [6, 6.07) is 0. The molecule has 0 saturated carbocycles. The zero-order chi connectivity index (χ0) is 7.21. The topological polar surface area (TPSA) is 75.1 Å². The Bertz CT molecular complexity index is 155. The Morgan fingerprint density at radius 1 is 1.38 bits per heavy atom. The molecule has 4 nitrogen and oxygen atoms in total.